The smallest absolute Gasteiger partial charge is 0.164 e. The molecule has 0 unspecified atom stereocenters. The molecule has 2 aromatic heterocycles. The lowest BCUT2D eigenvalue weighted by molar-refractivity contribution is 1.16. The van der Waals surface area contributed by atoms with Gasteiger partial charge in [0.15, 0.2) is 5.82 Å². The van der Waals surface area contributed by atoms with Gasteiger partial charge in [0, 0.05) is 24.8 Å². The monoisotopic (exact) mass is 199 g/mol. The van der Waals surface area contributed by atoms with Gasteiger partial charge in [0.25, 0.3) is 0 Å². The molecular weight excluding hydrogens is 190 g/mol. The average Bonchev–Trinajstić information content (AvgIpc) is 2.32. The normalized spacial score (nSPS) is 10.4. The van der Waals surface area contributed by atoms with Gasteiger partial charge in [0.05, 0.1) is 12.4 Å². The summed E-state index contributed by atoms with van der Waals surface area (Å²) in [4.78, 5) is 11.8. The summed E-state index contributed by atoms with van der Waals surface area (Å²) in [5, 5.41) is 4.01. The molecule has 0 bridgehead atoms. The molecule has 0 aliphatic heterocycles. The van der Waals surface area contributed by atoms with Crippen molar-refractivity contribution in [3.05, 3.63) is 48.7 Å². The van der Waals surface area contributed by atoms with Crippen LogP contribution in [0.4, 0.5) is 5.82 Å². The van der Waals surface area contributed by atoms with Gasteiger partial charge >= 0.3 is 0 Å². The Morgan fingerprint density at radius 3 is 2.67 bits per heavy atom. The first kappa shape index (κ1) is 9.26. The van der Waals surface area contributed by atoms with Crippen molar-refractivity contribution >= 4 is 12.0 Å². The molecule has 0 amide bonds. The number of pyridine rings is 1. The molecule has 0 atom stereocenters. The molecule has 0 fully saturated rings. The zero-order chi connectivity index (χ0) is 10.3. The molecule has 2 rings (SSSR count). The number of aromatic nitrogens is 3. The van der Waals surface area contributed by atoms with Gasteiger partial charge in [0.2, 0.25) is 0 Å². The van der Waals surface area contributed by atoms with Gasteiger partial charge in [-0.05, 0) is 17.7 Å². The summed E-state index contributed by atoms with van der Waals surface area (Å²) in [5.74, 6) is 0.614. The fourth-order valence-corrected chi connectivity index (χ4v) is 0.979. The Bertz CT molecular complexity index is 426. The highest BCUT2D eigenvalue weighted by Gasteiger charge is 1.87. The Morgan fingerprint density at radius 2 is 1.93 bits per heavy atom. The van der Waals surface area contributed by atoms with Gasteiger partial charge < -0.3 is 0 Å². The molecule has 0 spiro atoms. The highest BCUT2D eigenvalue weighted by atomic mass is 15.3. The second-order valence-corrected chi connectivity index (χ2v) is 2.74. The highest BCUT2D eigenvalue weighted by molar-refractivity contribution is 5.79. The van der Waals surface area contributed by atoms with E-state index in [0.29, 0.717) is 5.82 Å². The molecule has 0 radical (unpaired) electrons. The van der Waals surface area contributed by atoms with Crippen molar-refractivity contribution in [2.75, 3.05) is 5.43 Å². The van der Waals surface area contributed by atoms with Gasteiger partial charge in [-0.2, -0.15) is 5.10 Å². The summed E-state index contributed by atoms with van der Waals surface area (Å²) in [7, 11) is 0. The number of hydrazone groups is 1. The van der Waals surface area contributed by atoms with Gasteiger partial charge in [-0.1, -0.05) is 0 Å². The third-order valence-corrected chi connectivity index (χ3v) is 1.66. The minimum Gasteiger partial charge on any atom is -0.265 e. The molecule has 15 heavy (non-hydrogen) atoms. The molecule has 0 saturated carbocycles. The first-order valence-corrected chi connectivity index (χ1v) is 4.40. The second kappa shape index (κ2) is 4.80. The number of hydrogen-bond donors (Lipinski definition) is 1. The largest absolute Gasteiger partial charge is 0.265 e. The maximum Gasteiger partial charge on any atom is 0.164 e. The summed E-state index contributed by atoms with van der Waals surface area (Å²) in [5.41, 5.74) is 3.74. The predicted molar refractivity (Wildman–Crippen MR) is 57.5 cm³/mol. The standard InChI is InChI=1S/C10H9N5/c1-3-11-4-2-9(1)7-14-15-10-8-12-5-6-13-10/h1-8H,(H,13,15)/b14-7+. The second-order valence-electron chi connectivity index (χ2n) is 2.74. The van der Waals surface area contributed by atoms with Gasteiger partial charge in [0.1, 0.15) is 0 Å². The van der Waals surface area contributed by atoms with Crippen LogP contribution in [-0.2, 0) is 0 Å². The molecule has 2 heterocycles. The minimum absolute atomic E-state index is 0.614. The third kappa shape index (κ3) is 2.84. The van der Waals surface area contributed by atoms with Crippen LogP contribution in [-0.4, -0.2) is 21.2 Å². The van der Waals surface area contributed by atoms with Crippen molar-refractivity contribution in [2.45, 2.75) is 0 Å². The molecule has 74 valence electrons. The molecule has 0 aromatic carbocycles. The number of anilines is 1. The van der Waals surface area contributed by atoms with Gasteiger partial charge in [-0.25, -0.2) is 4.98 Å². The molecule has 0 aliphatic rings. The quantitative estimate of drug-likeness (QED) is 0.598. The van der Waals surface area contributed by atoms with Crippen LogP contribution in [0.5, 0.6) is 0 Å². The van der Waals surface area contributed by atoms with Gasteiger partial charge in [-0.3, -0.25) is 15.4 Å². The minimum atomic E-state index is 0.614. The Labute approximate surface area is 86.9 Å². The lowest BCUT2D eigenvalue weighted by Crippen LogP contribution is -1.93. The fourth-order valence-electron chi connectivity index (χ4n) is 0.979. The molecule has 0 saturated heterocycles. The fraction of sp³-hybridized carbons (Fsp3) is 0. The summed E-state index contributed by atoms with van der Waals surface area (Å²) in [6.45, 7) is 0. The van der Waals surface area contributed by atoms with Crippen LogP contribution in [0.15, 0.2) is 48.2 Å². The van der Waals surface area contributed by atoms with Crippen LogP contribution < -0.4 is 5.43 Å². The van der Waals surface area contributed by atoms with E-state index in [0.717, 1.165) is 5.56 Å². The van der Waals surface area contributed by atoms with Crippen LogP contribution in [0.2, 0.25) is 0 Å². The molecule has 5 heteroatoms. The number of hydrogen-bond acceptors (Lipinski definition) is 5. The van der Waals surface area contributed by atoms with Crippen LogP contribution in [0, 0.1) is 0 Å². The summed E-state index contributed by atoms with van der Waals surface area (Å²) >= 11 is 0. The van der Waals surface area contributed by atoms with Crippen molar-refractivity contribution in [3.8, 4) is 0 Å². The van der Waals surface area contributed by atoms with Crippen molar-refractivity contribution in [3.63, 3.8) is 0 Å². The summed E-state index contributed by atoms with van der Waals surface area (Å²) < 4.78 is 0. The molecular formula is C10H9N5. The SMILES string of the molecule is C(=N\Nc1cnccn1)/c1ccncc1. The van der Waals surface area contributed by atoms with E-state index in [1.807, 2.05) is 12.1 Å². The topological polar surface area (TPSA) is 63.1 Å². The summed E-state index contributed by atoms with van der Waals surface area (Å²) in [6.07, 6.45) is 9.93. The first-order chi connectivity index (χ1) is 7.45. The maximum absolute atomic E-state index is 4.01. The van der Waals surface area contributed by atoms with E-state index in [1.165, 1.54) is 0 Å². The van der Waals surface area contributed by atoms with E-state index in [2.05, 4.69) is 25.5 Å². The molecule has 0 aliphatic carbocycles. The van der Waals surface area contributed by atoms with Gasteiger partial charge in [-0.15, -0.1) is 0 Å². The molecule has 1 N–H and O–H groups in total. The zero-order valence-corrected chi connectivity index (χ0v) is 7.91. The van der Waals surface area contributed by atoms with E-state index in [9.17, 15) is 0 Å². The molecule has 5 nitrogen and oxygen atoms in total. The predicted octanol–water partition coefficient (Wildman–Crippen LogP) is 1.32. The van der Waals surface area contributed by atoms with E-state index < -0.39 is 0 Å². The van der Waals surface area contributed by atoms with Crippen molar-refractivity contribution in [1.82, 2.24) is 15.0 Å². The van der Waals surface area contributed by atoms with E-state index in [-0.39, 0.29) is 0 Å². The Hall–Kier alpha value is -2.30. The van der Waals surface area contributed by atoms with Crippen LogP contribution in [0.3, 0.4) is 0 Å². The van der Waals surface area contributed by atoms with E-state index >= 15 is 0 Å². The number of nitrogens with one attached hydrogen (secondary N) is 1. The summed E-state index contributed by atoms with van der Waals surface area (Å²) in [6, 6.07) is 3.73. The Balaban J connectivity index is 1.97. The maximum atomic E-state index is 4.01. The van der Waals surface area contributed by atoms with Crippen LogP contribution in [0.1, 0.15) is 5.56 Å². The van der Waals surface area contributed by atoms with Crippen molar-refractivity contribution < 1.29 is 0 Å². The highest BCUT2D eigenvalue weighted by Crippen LogP contribution is 1.97. The third-order valence-electron chi connectivity index (χ3n) is 1.66. The zero-order valence-electron chi connectivity index (χ0n) is 7.91. The van der Waals surface area contributed by atoms with Crippen LogP contribution in [0.25, 0.3) is 0 Å². The van der Waals surface area contributed by atoms with Crippen molar-refractivity contribution in [2.24, 2.45) is 5.10 Å². The molecule has 2 aromatic rings. The average molecular weight is 199 g/mol. The van der Waals surface area contributed by atoms with E-state index in [1.54, 1.807) is 37.2 Å². The van der Waals surface area contributed by atoms with Crippen molar-refractivity contribution in [1.29, 1.82) is 0 Å². The number of rotatable bonds is 3. The lowest BCUT2D eigenvalue weighted by Gasteiger charge is -1.96. The van der Waals surface area contributed by atoms with Crippen LogP contribution >= 0.6 is 0 Å². The first-order valence-electron chi connectivity index (χ1n) is 4.40. The lowest BCUT2D eigenvalue weighted by atomic mass is 10.3. The van der Waals surface area contributed by atoms with E-state index in [4.69, 9.17) is 0 Å². The Kier molecular flexibility index (Phi) is 2.97. The number of nitrogens with zero attached hydrogens (tertiary/aromatic N) is 4. The Morgan fingerprint density at radius 1 is 1.07 bits per heavy atom.